The minimum Gasteiger partial charge on any atom is -0.346 e. The number of aromatic nitrogens is 3. The van der Waals surface area contributed by atoms with Crippen molar-refractivity contribution in [3.8, 4) is 5.69 Å². The fourth-order valence-electron chi connectivity index (χ4n) is 2.54. The van der Waals surface area contributed by atoms with Crippen molar-refractivity contribution in [2.24, 2.45) is 0 Å². The van der Waals surface area contributed by atoms with Crippen molar-refractivity contribution in [3.63, 3.8) is 0 Å². The Balaban J connectivity index is 1.62. The Morgan fingerprint density at radius 1 is 1.16 bits per heavy atom. The molecule has 25 heavy (non-hydrogen) atoms. The third-order valence-corrected chi connectivity index (χ3v) is 4.04. The van der Waals surface area contributed by atoms with Crippen LogP contribution in [0.25, 0.3) is 11.8 Å². The van der Waals surface area contributed by atoms with Gasteiger partial charge in [-0.1, -0.05) is 36.4 Å². The molecule has 0 fully saturated rings. The van der Waals surface area contributed by atoms with Crippen molar-refractivity contribution in [1.29, 1.82) is 0 Å². The first kappa shape index (κ1) is 16.6. The molecule has 1 unspecified atom stereocenters. The van der Waals surface area contributed by atoms with Gasteiger partial charge in [-0.05, 0) is 48.7 Å². The summed E-state index contributed by atoms with van der Waals surface area (Å²) < 4.78 is 1.69. The van der Waals surface area contributed by atoms with Gasteiger partial charge in [0.25, 0.3) is 0 Å². The maximum atomic E-state index is 12.1. The van der Waals surface area contributed by atoms with E-state index in [1.165, 1.54) is 6.33 Å². The molecule has 1 atom stereocenters. The summed E-state index contributed by atoms with van der Waals surface area (Å²) in [6, 6.07) is 15.7. The second-order valence-corrected chi connectivity index (χ2v) is 5.85. The summed E-state index contributed by atoms with van der Waals surface area (Å²) in [5.74, 6) is -0.115. The first-order valence-electron chi connectivity index (χ1n) is 8.12. The maximum absolute atomic E-state index is 12.1. The maximum Gasteiger partial charge on any atom is 0.244 e. The van der Waals surface area contributed by atoms with Gasteiger partial charge in [-0.3, -0.25) is 4.79 Å². The molecule has 126 valence electrons. The lowest BCUT2D eigenvalue weighted by atomic mass is 10.1. The number of carbonyl (C=O) groups excluding carboxylic acids is 1. The lowest BCUT2D eigenvalue weighted by Gasteiger charge is -2.13. The van der Waals surface area contributed by atoms with E-state index >= 15 is 0 Å². The van der Waals surface area contributed by atoms with Crippen LogP contribution in [0.15, 0.2) is 67.3 Å². The fourth-order valence-corrected chi connectivity index (χ4v) is 2.54. The SMILES string of the molecule is Cc1ccccc1/C=C/C(=O)NC(C)c1ccc(-n2cncn2)cc1. The van der Waals surface area contributed by atoms with Crippen LogP contribution in [0, 0.1) is 6.92 Å². The largest absolute Gasteiger partial charge is 0.346 e. The molecule has 0 bridgehead atoms. The van der Waals surface area contributed by atoms with E-state index < -0.39 is 0 Å². The van der Waals surface area contributed by atoms with Crippen LogP contribution in [-0.4, -0.2) is 20.7 Å². The molecule has 0 aliphatic rings. The van der Waals surface area contributed by atoms with E-state index in [2.05, 4.69) is 15.4 Å². The van der Waals surface area contributed by atoms with Crippen molar-refractivity contribution in [3.05, 3.63) is 84.0 Å². The van der Waals surface area contributed by atoms with Gasteiger partial charge in [0.15, 0.2) is 0 Å². The van der Waals surface area contributed by atoms with E-state index in [1.807, 2.05) is 68.5 Å². The molecule has 0 spiro atoms. The smallest absolute Gasteiger partial charge is 0.244 e. The van der Waals surface area contributed by atoms with Crippen LogP contribution in [-0.2, 0) is 4.79 Å². The predicted molar refractivity (Wildman–Crippen MR) is 98.1 cm³/mol. The summed E-state index contributed by atoms with van der Waals surface area (Å²) in [6.45, 7) is 3.99. The summed E-state index contributed by atoms with van der Waals surface area (Å²) >= 11 is 0. The highest BCUT2D eigenvalue weighted by Crippen LogP contribution is 2.15. The molecular formula is C20H20N4O. The van der Waals surface area contributed by atoms with Crippen molar-refractivity contribution in [2.45, 2.75) is 19.9 Å². The minimum absolute atomic E-state index is 0.0844. The van der Waals surface area contributed by atoms with Crippen LogP contribution in [0.3, 0.4) is 0 Å². The van der Waals surface area contributed by atoms with Gasteiger partial charge >= 0.3 is 0 Å². The lowest BCUT2D eigenvalue weighted by Crippen LogP contribution is -2.24. The van der Waals surface area contributed by atoms with Gasteiger partial charge in [-0.25, -0.2) is 9.67 Å². The Labute approximate surface area is 147 Å². The molecule has 1 amide bonds. The zero-order valence-electron chi connectivity index (χ0n) is 14.3. The van der Waals surface area contributed by atoms with Crippen molar-refractivity contribution in [2.75, 3.05) is 0 Å². The molecule has 0 saturated carbocycles. The summed E-state index contributed by atoms with van der Waals surface area (Å²) in [5, 5.41) is 7.08. The molecule has 0 aliphatic carbocycles. The molecule has 3 aromatic rings. The topological polar surface area (TPSA) is 59.8 Å². The molecule has 1 heterocycles. The number of benzene rings is 2. The van der Waals surface area contributed by atoms with Crippen LogP contribution >= 0.6 is 0 Å². The second kappa shape index (κ2) is 7.57. The van der Waals surface area contributed by atoms with Crippen molar-refractivity contribution >= 4 is 12.0 Å². The average Bonchev–Trinajstić information content (AvgIpc) is 3.16. The third kappa shape index (κ3) is 4.20. The van der Waals surface area contributed by atoms with Crippen LogP contribution in [0.2, 0.25) is 0 Å². The number of carbonyl (C=O) groups is 1. The molecule has 1 aromatic heterocycles. The molecule has 1 N–H and O–H groups in total. The van der Waals surface area contributed by atoms with Gasteiger partial charge in [-0.15, -0.1) is 0 Å². The normalized spacial score (nSPS) is 12.2. The lowest BCUT2D eigenvalue weighted by molar-refractivity contribution is -0.117. The number of hydrogen-bond donors (Lipinski definition) is 1. The highest BCUT2D eigenvalue weighted by Gasteiger charge is 2.08. The highest BCUT2D eigenvalue weighted by molar-refractivity contribution is 5.92. The first-order valence-corrected chi connectivity index (χ1v) is 8.12. The number of nitrogens with one attached hydrogen (secondary N) is 1. The zero-order valence-corrected chi connectivity index (χ0v) is 14.3. The Kier molecular flexibility index (Phi) is 5.04. The summed E-state index contributed by atoms with van der Waals surface area (Å²) in [7, 11) is 0. The van der Waals surface area contributed by atoms with Gasteiger partial charge in [0.2, 0.25) is 5.91 Å². The molecule has 3 rings (SSSR count). The number of hydrogen-bond acceptors (Lipinski definition) is 3. The predicted octanol–water partition coefficient (Wildman–Crippen LogP) is 3.47. The van der Waals surface area contributed by atoms with Crippen LogP contribution < -0.4 is 5.32 Å². The van der Waals surface area contributed by atoms with Gasteiger partial charge < -0.3 is 5.32 Å². The van der Waals surface area contributed by atoms with E-state index in [0.717, 1.165) is 22.4 Å². The minimum atomic E-state index is -0.115. The third-order valence-electron chi connectivity index (χ3n) is 4.04. The number of amides is 1. The molecule has 0 aliphatic heterocycles. The molecule has 0 radical (unpaired) electrons. The molecule has 5 nitrogen and oxygen atoms in total. The number of rotatable bonds is 5. The quantitative estimate of drug-likeness (QED) is 0.728. The zero-order chi connectivity index (χ0) is 17.6. The number of aryl methyl sites for hydroxylation is 1. The summed E-state index contributed by atoms with van der Waals surface area (Å²) in [4.78, 5) is 16.1. The molecule has 5 heteroatoms. The fraction of sp³-hybridized carbons (Fsp3) is 0.150. The average molecular weight is 332 g/mol. The van der Waals surface area contributed by atoms with Crippen molar-refractivity contribution in [1.82, 2.24) is 20.1 Å². The molecular weight excluding hydrogens is 312 g/mol. The van der Waals surface area contributed by atoms with Gasteiger partial charge in [0.1, 0.15) is 12.7 Å². The molecule has 0 saturated heterocycles. The monoisotopic (exact) mass is 332 g/mol. The Morgan fingerprint density at radius 3 is 2.60 bits per heavy atom. The van der Waals surface area contributed by atoms with Gasteiger partial charge in [-0.2, -0.15) is 5.10 Å². The van der Waals surface area contributed by atoms with Crippen LogP contribution in [0.5, 0.6) is 0 Å². The van der Waals surface area contributed by atoms with Crippen molar-refractivity contribution < 1.29 is 4.79 Å². The second-order valence-electron chi connectivity index (χ2n) is 5.85. The Bertz CT molecular complexity index is 867. The Morgan fingerprint density at radius 2 is 1.92 bits per heavy atom. The first-order chi connectivity index (χ1) is 12.1. The van der Waals surface area contributed by atoms with E-state index in [9.17, 15) is 4.79 Å². The van der Waals surface area contributed by atoms with E-state index in [1.54, 1.807) is 17.1 Å². The van der Waals surface area contributed by atoms with Crippen LogP contribution in [0.1, 0.15) is 29.7 Å². The highest BCUT2D eigenvalue weighted by atomic mass is 16.1. The van der Waals surface area contributed by atoms with Crippen LogP contribution in [0.4, 0.5) is 0 Å². The van der Waals surface area contributed by atoms with E-state index in [-0.39, 0.29) is 11.9 Å². The summed E-state index contributed by atoms with van der Waals surface area (Å²) in [5.41, 5.74) is 4.14. The van der Waals surface area contributed by atoms with E-state index in [0.29, 0.717) is 0 Å². The Hall–Kier alpha value is -3.21. The standard InChI is InChI=1S/C20H20N4O/c1-15-5-3-4-6-17(15)9-12-20(25)23-16(2)18-7-10-19(11-8-18)24-14-21-13-22-24/h3-14,16H,1-2H3,(H,23,25)/b12-9+. The summed E-state index contributed by atoms with van der Waals surface area (Å²) in [6.07, 6.45) is 6.56. The van der Waals surface area contributed by atoms with Gasteiger partial charge in [0, 0.05) is 6.08 Å². The molecule has 2 aromatic carbocycles. The number of nitrogens with zero attached hydrogens (tertiary/aromatic N) is 3. The van der Waals surface area contributed by atoms with Gasteiger partial charge in [0.05, 0.1) is 11.7 Å². The van der Waals surface area contributed by atoms with E-state index in [4.69, 9.17) is 0 Å².